The number of rotatable bonds is 5. The van der Waals surface area contributed by atoms with Crippen LogP contribution in [0.2, 0.25) is 0 Å². The van der Waals surface area contributed by atoms with E-state index in [1.165, 1.54) is 0 Å². The maximum Gasteiger partial charge on any atom is 0.255 e. The fourth-order valence-corrected chi connectivity index (χ4v) is 4.50. The van der Waals surface area contributed by atoms with Crippen molar-refractivity contribution in [2.75, 3.05) is 11.1 Å². The Morgan fingerprint density at radius 2 is 1.89 bits per heavy atom. The summed E-state index contributed by atoms with van der Waals surface area (Å²) in [6.45, 7) is 2.10. The largest absolute Gasteiger partial charge is 0.322 e. The summed E-state index contributed by atoms with van der Waals surface area (Å²) in [5, 5.41) is 3.95. The van der Waals surface area contributed by atoms with Gasteiger partial charge in [-0.15, -0.1) is 23.1 Å². The molecular formula is C22H18N2OS2. The average Bonchev–Trinajstić information content (AvgIpc) is 3.13. The number of hydrogen-bond acceptors (Lipinski definition) is 4. The third-order valence-corrected chi connectivity index (χ3v) is 6.03. The van der Waals surface area contributed by atoms with Gasteiger partial charge in [0.1, 0.15) is 5.01 Å². The highest BCUT2D eigenvalue weighted by molar-refractivity contribution is 7.99. The third kappa shape index (κ3) is 4.04. The van der Waals surface area contributed by atoms with Crippen LogP contribution >= 0.6 is 23.1 Å². The number of benzene rings is 3. The van der Waals surface area contributed by atoms with Gasteiger partial charge in [0.2, 0.25) is 0 Å². The third-order valence-electron chi connectivity index (χ3n) is 4.07. The molecule has 3 aromatic carbocycles. The van der Waals surface area contributed by atoms with Crippen molar-refractivity contribution in [1.82, 2.24) is 4.98 Å². The molecule has 0 saturated heterocycles. The molecule has 4 aromatic rings. The molecule has 5 heteroatoms. The highest BCUT2D eigenvalue weighted by atomic mass is 32.2. The number of amides is 1. The highest BCUT2D eigenvalue weighted by Gasteiger charge is 2.10. The Morgan fingerprint density at radius 3 is 2.74 bits per heavy atom. The predicted octanol–water partition coefficient (Wildman–Crippen LogP) is 6.33. The molecular weight excluding hydrogens is 372 g/mol. The SMILES string of the molecule is CCSc1cccc(C(=O)Nc2cccc(-c3nc4ccccc4s3)c2)c1. The average molecular weight is 391 g/mol. The molecule has 0 bridgehead atoms. The van der Waals surface area contributed by atoms with E-state index in [0.717, 1.165) is 37.1 Å². The summed E-state index contributed by atoms with van der Waals surface area (Å²) >= 11 is 3.38. The van der Waals surface area contributed by atoms with E-state index in [1.54, 1.807) is 23.1 Å². The predicted molar refractivity (Wildman–Crippen MR) is 116 cm³/mol. The van der Waals surface area contributed by atoms with Crippen LogP contribution in [0.3, 0.4) is 0 Å². The maximum atomic E-state index is 12.6. The van der Waals surface area contributed by atoms with Crippen molar-refractivity contribution in [2.24, 2.45) is 0 Å². The van der Waals surface area contributed by atoms with Gasteiger partial charge < -0.3 is 5.32 Å². The molecule has 0 aliphatic rings. The van der Waals surface area contributed by atoms with Crippen molar-refractivity contribution < 1.29 is 4.79 Å². The van der Waals surface area contributed by atoms with E-state index in [4.69, 9.17) is 4.98 Å². The van der Waals surface area contributed by atoms with Gasteiger partial charge in [-0.05, 0) is 48.2 Å². The van der Waals surface area contributed by atoms with Gasteiger partial charge in [-0.2, -0.15) is 0 Å². The maximum absolute atomic E-state index is 12.6. The van der Waals surface area contributed by atoms with Crippen molar-refractivity contribution in [3.63, 3.8) is 0 Å². The minimum atomic E-state index is -0.102. The fourth-order valence-electron chi connectivity index (χ4n) is 2.82. The number of para-hydroxylation sites is 1. The number of thioether (sulfide) groups is 1. The lowest BCUT2D eigenvalue weighted by molar-refractivity contribution is 0.102. The Morgan fingerprint density at radius 1 is 1.04 bits per heavy atom. The number of fused-ring (bicyclic) bond motifs is 1. The second-order valence-electron chi connectivity index (χ2n) is 5.98. The Bertz CT molecular complexity index is 1070. The second-order valence-corrected chi connectivity index (χ2v) is 8.35. The normalized spacial score (nSPS) is 10.9. The summed E-state index contributed by atoms with van der Waals surface area (Å²) in [7, 11) is 0. The molecule has 0 atom stereocenters. The molecule has 3 nitrogen and oxygen atoms in total. The molecule has 1 aromatic heterocycles. The highest BCUT2D eigenvalue weighted by Crippen LogP contribution is 2.31. The van der Waals surface area contributed by atoms with E-state index in [-0.39, 0.29) is 5.91 Å². The summed E-state index contributed by atoms with van der Waals surface area (Å²) in [6.07, 6.45) is 0. The number of nitrogens with zero attached hydrogens (tertiary/aromatic N) is 1. The first-order valence-corrected chi connectivity index (χ1v) is 10.5. The molecule has 1 amide bonds. The molecule has 0 saturated carbocycles. The van der Waals surface area contributed by atoms with Gasteiger partial charge in [0.15, 0.2) is 0 Å². The number of anilines is 1. The van der Waals surface area contributed by atoms with Crippen LogP contribution in [0, 0.1) is 0 Å². The van der Waals surface area contributed by atoms with Crippen LogP contribution in [0.1, 0.15) is 17.3 Å². The monoisotopic (exact) mass is 390 g/mol. The van der Waals surface area contributed by atoms with E-state index in [9.17, 15) is 4.79 Å². The number of hydrogen-bond donors (Lipinski definition) is 1. The summed E-state index contributed by atoms with van der Waals surface area (Å²) in [6, 6.07) is 23.7. The lowest BCUT2D eigenvalue weighted by Gasteiger charge is -2.08. The number of aromatic nitrogens is 1. The first-order chi connectivity index (χ1) is 13.2. The van der Waals surface area contributed by atoms with Gasteiger partial charge in [0.25, 0.3) is 5.91 Å². The van der Waals surface area contributed by atoms with Gasteiger partial charge >= 0.3 is 0 Å². The number of carbonyl (C=O) groups excluding carboxylic acids is 1. The van der Waals surface area contributed by atoms with E-state index in [2.05, 4.69) is 18.3 Å². The van der Waals surface area contributed by atoms with Crippen molar-refractivity contribution in [3.05, 3.63) is 78.4 Å². The molecule has 1 heterocycles. The van der Waals surface area contributed by atoms with Crippen LogP contribution in [-0.4, -0.2) is 16.6 Å². The second kappa shape index (κ2) is 7.94. The van der Waals surface area contributed by atoms with Crippen molar-refractivity contribution in [1.29, 1.82) is 0 Å². The molecule has 4 rings (SSSR count). The standard InChI is InChI=1S/C22H18N2OS2/c1-2-26-18-10-6-7-15(14-18)21(25)23-17-9-5-8-16(13-17)22-24-19-11-3-4-12-20(19)27-22/h3-14H,2H2,1H3,(H,23,25). The molecule has 27 heavy (non-hydrogen) atoms. The molecule has 134 valence electrons. The Kier molecular flexibility index (Phi) is 5.23. The first kappa shape index (κ1) is 17.8. The van der Waals surface area contributed by atoms with E-state index in [1.807, 2.05) is 66.7 Å². The molecule has 1 N–H and O–H groups in total. The molecule has 0 aliphatic carbocycles. The van der Waals surface area contributed by atoms with Crippen LogP contribution < -0.4 is 5.32 Å². The summed E-state index contributed by atoms with van der Waals surface area (Å²) in [4.78, 5) is 18.4. The summed E-state index contributed by atoms with van der Waals surface area (Å²) in [5.74, 6) is 0.880. The first-order valence-electron chi connectivity index (χ1n) is 8.73. The van der Waals surface area contributed by atoms with E-state index >= 15 is 0 Å². The minimum absolute atomic E-state index is 0.102. The zero-order valence-corrected chi connectivity index (χ0v) is 16.4. The zero-order valence-electron chi connectivity index (χ0n) is 14.8. The summed E-state index contributed by atoms with van der Waals surface area (Å²) < 4.78 is 1.16. The molecule has 0 fully saturated rings. The van der Waals surface area contributed by atoms with Gasteiger partial charge in [0, 0.05) is 21.7 Å². The smallest absolute Gasteiger partial charge is 0.255 e. The number of nitrogens with one attached hydrogen (secondary N) is 1. The van der Waals surface area contributed by atoms with Crippen LogP contribution in [0.5, 0.6) is 0 Å². The molecule has 0 unspecified atom stereocenters. The minimum Gasteiger partial charge on any atom is -0.322 e. The van der Waals surface area contributed by atoms with Gasteiger partial charge in [-0.25, -0.2) is 4.98 Å². The van der Waals surface area contributed by atoms with Crippen molar-refractivity contribution in [3.8, 4) is 10.6 Å². The topological polar surface area (TPSA) is 42.0 Å². The van der Waals surface area contributed by atoms with Crippen LogP contribution in [0.4, 0.5) is 5.69 Å². The van der Waals surface area contributed by atoms with Crippen LogP contribution in [0.25, 0.3) is 20.8 Å². The quantitative estimate of drug-likeness (QED) is 0.405. The van der Waals surface area contributed by atoms with Crippen LogP contribution in [0.15, 0.2) is 77.7 Å². The van der Waals surface area contributed by atoms with Crippen LogP contribution in [-0.2, 0) is 0 Å². The Hall–Kier alpha value is -2.63. The lowest BCUT2D eigenvalue weighted by Crippen LogP contribution is -2.11. The summed E-state index contributed by atoms with van der Waals surface area (Å²) in [5.41, 5.74) is 3.44. The Labute approximate surface area is 166 Å². The van der Waals surface area contributed by atoms with Crippen molar-refractivity contribution in [2.45, 2.75) is 11.8 Å². The lowest BCUT2D eigenvalue weighted by atomic mass is 10.2. The molecule has 0 spiro atoms. The fraction of sp³-hybridized carbons (Fsp3) is 0.0909. The number of carbonyl (C=O) groups is 1. The molecule has 0 radical (unpaired) electrons. The van der Waals surface area contributed by atoms with Gasteiger partial charge in [-0.3, -0.25) is 4.79 Å². The molecule has 0 aliphatic heterocycles. The van der Waals surface area contributed by atoms with Gasteiger partial charge in [0.05, 0.1) is 10.2 Å². The van der Waals surface area contributed by atoms with Crippen molar-refractivity contribution >= 4 is 44.9 Å². The Balaban J connectivity index is 1.57. The van der Waals surface area contributed by atoms with E-state index < -0.39 is 0 Å². The van der Waals surface area contributed by atoms with Gasteiger partial charge in [-0.1, -0.05) is 37.3 Å². The zero-order chi connectivity index (χ0) is 18.6. The number of thiazole rings is 1. The van der Waals surface area contributed by atoms with E-state index in [0.29, 0.717) is 5.56 Å².